The Morgan fingerprint density at radius 1 is 0.867 bits per heavy atom. The van der Waals surface area contributed by atoms with Crippen molar-refractivity contribution in [3.63, 3.8) is 0 Å². The lowest BCUT2D eigenvalue weighted by Gasteiger charge is -2.25. The fourth-order valence-corrected chi connectivity index (χ4v) is 7.22. The molecule has 3 aromatic heterocycles. The number of ether oxygens (including phenoxy) is 7. The van der Waals surface area contributed by atoms with Crippen molar-refractivity contribution < 1.29 is 66.0 Å². The Bertz CT molecular complexity index is 2140. The number of aromatic nitrogens is 6. The maximum atomic E-state index is 14.3. The summed E-state index contributed by atoms with van der Waals surface area (Å²) in [6, 6.07) is 0. The third-order valence-electron chi connectivity index (χ3n) is 8.44. The second-order valence-electron chi connectivity index (χ2n) is 12.7. The summed E-state index contributed by atoms with van der Waals surface area (Å²) in [4.78, 5) is 54.9. The van der Waals surface area contributed by atoms with Crippen molar-refractivity contribution in [3.05, 3.63) is 91.8 Å². The van der Waals surface area contributed by atoms with Gasteiger partial charge in [0.05, 0.1) is 26.1 Å². The van der Waals surface area contributed by atoms with Crippen molar-refractivity contribution in [1.29, 1.82) is 0 Å². The van der Waals surface area contributed by atoms with E-state index in [0.717, 1.165) is 0 Å². The maximum absolute atomic E-state index is 14.3. The number of carbonyl (C=O) groups excluding carboxylic acids is 2. The molecule has 23 heteroatoms. The fraction of sp³-hybridized carbons (Fsp3) is 0.432. The van der Waals surface area contributed by atoms with Crippen LogP contribution < -0.4 is 20.5 Å². The van der Waals surface area contributed by atoms with Crippen molar-refractivity contribution in [2.45, 2.75) is 56.6 Å². The first kappa shape index (κ1) is 45.3. The van der Waals surface area contributed by atoms with Gasteiger partial charge in [-0.15, -0.1) is 6.58 Å². The zero-order valence-corrected chi connectivity index (χ0v) is 33.6. The number of hydrogen-bond donors (Lipinski definition) is 2. The molecule has 2 saturated heterocycles. The highest BCUT2D eigenvalue weighted by molar-refractivity contribution is 7.48. The highest BCUT2D eigenvalue weighted by atomic mass is 31.2. The number of fused-ring (bicyclic) bond motifs is 1. The molecule has 1 unspecified atom stereocenters. The van der Waals surface area contributed by atoms with Crippen LogP contribution in [0.15, 0.2) is 80.6 Å². The van der Waals surface area contributed by atoms with Gasteiger partial charge in [0.2, 0.25) is 17.7 Å². The number of amides is 1. The van der Waals surface area contributed by atoms with Crippen molar-refractivity contribution in [2.75, 3.05) is 51.6 Å². The lowest BCUT2D eigenvalue weighted by Crippen LogP contribution is -2.32. The minimum absolute atomic E-state index is 0.0105. The van der Waals surface area contributed by atoms with Crippen LogP contribution in [0.4, 0.5) is 15.5 Å². The van der Waals surface area contributed by atoms with E-state index in [1.165, 1.54) is 52.0 Å². The normalized spacial score (nSPS) is 22.0. The van der Waals surface area contributed by atoms with Gasteiger partial charge in [-0.05, 0) is 6.92 Å². The lowest BCUT2D eigenvalue weighted by atomic mass is 10.2. The van der Waals surface area contributed by atoms with Crippen molar-refractivity contribution in [2.24, 2.45) is 0 Å². The number of phosphoric ester groups is 1. The summed E-state index contributed by atoms with van der Waals surface area (Å²) in [7, 11) is -4.58. The van der Waals surface area contributed by atoms with Gasteiger partial charge in [-0.2, -0.15) is 15.0 Å². The molecule has 60 heavy (non-hydrogen) atoms. The molecule has 5 heterocycles. The highest BCUT2D eigenvalue weighted by Gasteiger charge is 2.46. The average Bonchev–Trinajstić information content (AvgIpc) is 3.96. The standard InChI is InChI=1S/C37H46N7O15P/c1-7-12-50-32-23(6)19-43(35(46)41-32)28-17-24(58-37(48)53-15-10-4)27(57-28)21-55-60(49,54-16-11-5)59-25-18-29(56-26(25)20-45)44-22-38-30-31(44)39-34(40-33(30)51-13-8-2)42-36(47)52-14-9-3/h7-11,19,22,24-29,45H,1-5,12-18,20-21H2,6H3,(H,39,40,42,47)/t24-,25-,26+,27+,28+,29+,60?/m0/s1. The monoisotopic (exact) mass is 859 g/mol. The first-order valence-corrected chi connectivity index (χ1v) is 19.8. The Balaban J connectivity index is 1.36. The summed E-state index contributed by atoms with van der Waals surface area (Å²) in [5, 5.41) is 12.8. The summed E-state index contributed by atoms with van der Waals surface area (Å²) >= 11 is 0. The maximum Gasteiger partial charge on any atom is 0.508 e. The number of nitrogens with one attached hydrogen (secondary N) is 1. The molecule has 0 spiro atoms. The van der Waals surface area contributed by atoms with Crippen LogP contribution in [0.2, 0.25) is 0 Å². The van der Waals surface area contributed by atoms with E-state index in [0.29, 0.717) is 5.56 Å². The van der Waals surface area contributed by atoms with Crippen molar-refractivity contribution in [3.8, 4) is 11.8 Å². The van der Waals surface area contributed by atoms with Crippen LogP contribution >= 0.6 is 7.82 Å². The van der Waals surface area contributed by atoms with Crippen LogP contribution in [0.3, 0.4) is 0 Å². The first-order chi connectivity index (χ1) is 29.0. The second-order valence-corrected chi connectivity index (χ2v) is 14.3. The Kier molecular flexibility index (Phi) is 16.2. The number of aliphatic hydroxyl groups excluding tert-OH is 1. The van der Waals surface area contributed by atoms with E-state index >= 15 is 0 Å². The molecular formula is C37H46N7O15P. The van der Waals surface area contributed by atoms with Gasteiger partial charge in [0, 0.05) is 24.6 Å². The van der Waals surface area contributed by atoms with Crippen LogP contribution in [-0.4, -0.2) is 117 Å². The largest absolute Gasteiger partial charge is 0.508 e. The topological polar surface area (TPSA) is 254 Å². The van der Waals surface area contributed by atoms with Crippen LogP contribution in [0.1, 0.15) is 30.9 Å². The van der Waals surface area contributed by atoms with E-state index in [9.17, 15) is 24.1 Å². The van der Waals surface area contributed by atoms with Crippen LogP contribution in [0, 0.1) is 6.92 Å². The number of carbonyl (C=O) groups is 2. The van der Waals surface area contributed by atoms with Crippen LogP contribution in [0.5, 0.6) is 11.8 Å². The zero-order chi connectivity index (χ0) is 43.2. The summed E-state index contributed by atoms with van der Waals surface area (Å²) in [5.74, 6) is -0.0703. The third kappa shape index (κ3) is 11.5. The smallest absolute Gasteiger partial charge is 0.473 e. The number of phosphoric acid groups is 1. The number of rotatable bonds is 23. The molecule has 7 atom stereocenters. The average molecular weight is 860 g/mol. The Morgan fingerprint density at radius 3 is 2.22 bits per heavy atom. The molecule has 5 rings (SSSR count). The van der Waals surface area contributed by atoms with E-state index in [1.807, 2.05) is 0 Å². The van der Waals surface area contributed by atoms with Crippen molar-refractivity contribution in [1.82, 2.24) is 29.1 Å². The number of anilines is 1. The summed E-state index contributed by atoms with van der Waals surface area (Å²) in [6.07, 6.45) is 1.47. The van der Waals surface area contributed by atoms with Gasteiger partial charge in [-0.25, -0.2) is 23.9 Å². The minimum atomic E-state index is -4.58. The number of aliphatic hydroxyl groups is 1. The molecule has 2 aliphatic rings. The highest BCUT2D eigenvalue weighted by Crippen LogP contribution is 2.54. The molecule has 2 fully saturated rings. The second kappa shape index (κ2) is 21.5. The first-order valence-electron chi connectivity index (χ1n) is 18.4. The Hall–Kier alpha value is -5.74. The van der Waals surface area contributed by atoms with Gasteiger partial charge in [0.25, 0.3) is 0 Å². The molecule has 2 aliphatic heterocycles. The number of aryl methyl sites for hydroxylation is 1. The van der Waals surface area contributed by atoms with Gasteiger partial charge in [-0.1, -0.05) is 56.7 Å². The predicted octanol–water partition coefficient (Wildman–Crippen LogP) is 4.24. The quantitative estimate of drug-likeness (QED) is 0.0768. The van der Waals surface area contributed by atoms with Gasteiger partial charge < -0.3 is 38.3 Å². The molecule has 0 saturated carbocycles. The van der Waals surface area contributed by atoms with E-state index in [-0.39, 0.29) is 74.7 Å². The van der Waals surface area contributed by atoms with E-state index in [2.05, 4.69) is 58.1 Å². The summed E-state index contributed by atoms with van der Waals surface area (Å²) in [5.41, 5.74) is 0.141. The fourth-order valence-electron chi connectivity index (χ4n) is 5.85. The summed E-state index contributed by atoms with van der Waals surface area (Å²) < 4.78 is 73.1. The van der Waals surface area contributed by atoms with Gasteiger partial charge >= 0.3 is 25.8 Å². The molecule has 1 amide bonds. The molecule has 22 nitrogen and oxygen atoms in total. The molecule has 0 aliphatic carbocycles. The predicted molar refractivity (Wildman–Crippen MR) is 210 cm³/mol. The van der Waals surface area contributed by atoms with Crippen molar-refractivity contribution >= 4 is 37.2 Å². The molecule has 324 valence electrons. The minimum Gasteiger partial charge on any atom is -0.473 e. The van der Waals surface area contributed by atoms with Gasteiger partial charge in [0.1, 0.15) is 63.3 Å². The molecule has 0 aromatic carbocycles. The number of nitrogens with zero attached hydrogens (tertiary/aromatic N) is 6. The Labute approximate surface area is 343 Å². The molecular weight excluding hydrogens is 813 g/mol. The molecule has 3 aromatic rings. The number of imidazole rings is 1. The summed E-state index contributed by atoms with van der Waals surface area (Å²) in [6.45, 7) is 18.1. The Morgan fingerprint density at radius 2 is 1.52 bits per heavy atom. The lowest BCUT2D eigenvalue weighted by molar-refractivity contribution is -0.0646. The van der Waals surface area contributed by atoms with E-state index < -0.39 is 75.8 Å². The van der Waals surface area contributed by atoms with E-state index in [4.69, 9.17) is 46.7 Å². The zero-order valence-electron chi connectivity index (χ0n) is 32.7. The molecule has 0 radical (unpaired) electrons. The SMILES string of the molecule is C=CCOC(=O)Nc1nc(OCC=C)c2ncn([C@H]3C[C@H](OP(=O)(OCC=C)OC[C@H]4O[C@@H](n5cc(C)c(OCC=C)nc5=O)C[C@@H]4OC(=O)OCC=C)[C@@H](CO)O3)c2n1. The molecule has 0 bridgehead atoms. The van der Waals surface area contributed by atoms with Crippen LogP contribution in [-0.2, 0) is 41.8 Å². The van der Waals surface area contributed by atoms with Gasteiger partial charge in [-0.3, -0.25) is 28.0 Å². The number of hydrogen-bond acceptors (Lipinski definition) is 19. The molecule has 2 N–H and O–H groups in total. The van der Waals surface area contributed by atoms with Crippen LogP contribution in [0.25, 0.3) is 11.2 Å². The third-order valence-corrected chi connectivity index (χ3v) is 9.90. The van der Waals surface area contributed by atoms with E-state index in [1.54, 1.807) is 6.92 Å². The van der Waals surface area contributed by atoms with Gasteiger partial charge in [0.15, 0.2) is 11.2 Å².